The van der Waals surface area contributed by atoms with Crippen LogP contribution in [0.3, 0.4) is 0 Å². The molecule has 9 nitrogen and oxygen atoms in total. The van der Waals surface area contributed by atoms with Gasteiger partial charge in [-0.15, -0.1) is 0 Å². The van der Waals surface area contributed by atoms with Gasteiger partial charge in [-0.2, -0.15) is 0 Å². The number of hydrogen-bond acceptors (Lipinski definition) is 7. The molecule has 2 N–H and O–H groups in total. The molecule has 3 amide bonds. The summed E-state index contributed by atoms with van der Waals surface area (Å²) in [6.45, 7) is 10.0. The maximum Gasteiger partial charge on any atom is 0.255 e. The van der Waals surface area contributed by atoms with Crippen molar-refractivity contribution in [3.8, 4) is 5.75 Å². The third-order valence-electron chi connectivity index (χ3n) is 13.4. The van der Waals surface area contributed by atoms with Gasteiger partial charge < -0.3 is 19.8 Å². The van der Waals surface area contributed by atoms with E-state index < -0.39 is 6.04 Å². The van der Waals surface area contributed by atoms with Gasteiger partial charge in [0.05, 0.1) is 0 Å². The molecule has 0 radical (unpaired) electrons. The number of nitrogens with one attached hydrogen (secondary N) is 1. The maximum atomic E-state index is 13.2. The predicted molar refractivity (Wildman–Crippen MR) is 215 cm³/mol. The maximum absolute atomic E-state index is 13.2. The fourth-order valence-electron chi connectivity index (χ4n) is 10.2. The summed E-state index contributed by atoms with van der Waals surface area (Å²) in [7, 11) is 0. The molecule has 0 saturated carbocycles. The van der Waals surface area contributed by atoms with Crippen LogP contribution in [-0.2, 0) is 28.0 Å². The van der Waals surface area contributed by atoms with Crippen molar-refractivity contribution in [1.29, 1.82) is 0 Å². The van der Waals surface area contributed by atoms with Crippen molar-refractivity contribution < 1.29 is 19.5 Å². The number of piperazine rings is 1. The highest BCUT2D eigenvalue weighted by Gasteiger charge is 2.42. The van der Waals surface area contributed by atoms with Crippen molar-refractivity contribution in [2.24, 2.45) is 5.92 Å². The van der Waals surface area contributed by atoms with E-state index in [4.69, 9.17) is 0 Å². The SMILES string of the molecule is C[C@@]1(c2ccccc2)CCc2cc(O)ccc2[C@H]1c1ccc(N2CCC(CN3CCN(c4ccc5c(c4)CN([C@H]4CCC(=O)NC4=O)C5=O)CC3)CC2)cc1. The van der Waals surface area contributed by atoms with E-state index in [2.05, 4.69) is 93.7 Å². The molecule has 4 aromatic carbocycles. The zero-order chi connectivity index (χ0) is 37.7. The minimum absolute atomic E-state index is 0.0422. The Morgan fingerprint density at radius 3 is 2.22 bits per heavy atom. The number of nitrogens with zero attached hydrogens (tertiary/aromatic N) is 4. The van der Waals surface area contributed by atoms with Crippen LogP contribution in [0, 0.1) is 5.92 Å². The zero-order valence-corrected chi connectivity index (χ0v) is 31.8. The lowest BCUT2D eigenvalue weighted by molar-refractivity contribution is -0.136. The van der Waals surface area contributed by atoms with Crippen LogP contribution in [0.15, 0.2) is 91.0 Å². The largest absolute Gasteiger partial charge is 0.508 e. The van der Waals surface area contributed by atoms with Gasteiger partial charge in [-0.25, -0.2) is 0 Å². The van der Waals surface area contributed by atoms with E-state index in [9.17, 15) is 19.5 Å². The van der Waals surface area contributed by atoms with E-state index >= 15 is 0 Å². The first-order chi connectivity index (χ1) is 26.7. The number of benzene rings is 4. The summed E-state index contributed by atoms with van der Waals surface area (Å²) >= 11 is 0. The molecule has 0 unspecified atom stereocenters. The number of aryl methyl sites for hydroxylation is 1. The minimum Gasteiger partial charge on any atom is -0.508 e. The molecule has 3 fully saturated rings. The molecule has 3 saturated heterocycles. The van der Waals surface area contributed by atoms with Gasteiger partial charge in [0.2, 0.25) is 11.8 Å². The van der Waals surface area contributed by atoms with E-state index in [0.29, 0.717) is 30.2 Å². The second-order valence-corrected chi connectivity index (χ2v) is 16.7. The number of rotatable bonds is 7. The number of aromatic hydroxyl groups is 1. The summed E-state index contributed by atoms with van der Waals surface area (Å²) in [6.07, 6.45) is 5.02. The monoisotopic (exact) mass is 737 g/mol. The standard InChI is InChI=1S/C46H51N5O4/c1-46(35-5-3-2-4-6-35)20-17-33-28-38(52)12-14-39(33)43(46)32-7-9-36(10-8-32)49-21-18-31(19-22-49)29-48-23-25-50(26-24-48)37-11-13-40-34(27-37)30-51(45(40)55)41-15-16-42(53)47-44(41)54/h2-14,27-28,31,41,43,52H,15-26,29-30H2,1H3,(H,47,53,54)/t41-,43+,46-/m0/s1. The average molecular weight is 738 g/mol. The van der Waals surface area contributed by atoms with E-state index in [1.54, 1.807) is 4.90 Å². The fourth-order valence-corrected chi connectivity index (χ4v) is 10.2. The molecule has 1 aliphatic carbocycles. The molecular weight excluding hydrogens is 687 g/mol. The molecule has 4 heterocycles. The fraction of sp³-hybridized carbons (Fsp3) is 0.413. The number of amides is 3. The number of carbonyl (C=O) groups is 3. The van der Waals surface area contributed by atoms with Crippen LogP contribution in [-0.4, -0.2) is 84.5 Å². The van der Waals surface area contributed by atoms with E-state index in [1.807, 2.05) is 24.3 Å². The molecular formula is C46H51N5O4. The summed E-state index contributed by atoms with van der Waals surface area (Å²) in [5.74, 6) is 0.486. The van der Waals surface area contributed by atoms with Crippen molar-refractivity contribution in [3.63, 3.8) is 0 Å². The highest BCUT2D eigenvalue weighted by atomic mass is 16.3. The van der Waals surface area contributed by atoms with Crippen LogP contribution in [0.4, 0.5) is 11.4 Å². The summed E-state index contributed by atoms with van der Waals surface area (Å²) in [5, 5.41) is 12.7. The number of anilines is 2. The first kappa shape index (κ1) is 35.5. The molecule has 284 valence electrons. The van der Waals surface area contributed by atoms with Crippen molar-refractivity contribution >= 4 is 29.1 Å². The van der Waals surface area contributed by atoms with Gasteiger partial charge in [0.15, 0.2) is 0 Å². The molecule has 0 bridgehead atoms. The Labute approximate surface area is 323 Å². The van der Waals surface area contributed by atoms with E-state index in [-0.39, 0.29) is 35.5 Å². The number of hydrogen-bond donors (Lipinski definition) is 2. The molecule has 9 rings (SSSR count). The Balaban J connectivity index is 0.790. The second kappa shape index (κ2) is 14.5. The Bertz CT molecular complexity index is 2090. The molecule has 0 spiro atoms. The molecule has 55 heavy (non-hydrogen) atoms. The normalized spacial score (nSPS) is 24.8. The molecule has 4 aliphatic heterocycles. The van der Waals surface area contributed by atoms with Crippen molar-refractivity contribution in [2.75, 3.05) is 55.6 Å². The smallest absolute Gasteiger partial charge is 0.255 e. The Morgan fingerprint density at radius 2 is 1.47 bits per heavy atom. The molecule has 0 aromatic heterocycles. The van der Waals surface area contributed by atoms with Crippen LogP contribution in [0.2, 0.25) is 0 Å². The highest BCUT2D eigenvalue weighted by molar-refractivity contribution is 6.05. The Kier molecular flexibility index (Phi) is 9.37. The first-order valence-corrected chi connectivity index (χ1v) is 20.2. The van der Waals surface area contributed by atoms with Gasteiger partial charge in [0, 0.05) is 87.0 Å². The second-order valence-electron chi connectivity index (χ2n) is 16.7. The quantitative estimate of drug-likeness (QED) is 0.217. The molecule has 5 aliphatic rings. The topological polar surface area (TPSA) is 96.4 Å². The lowest BCUT2D eigenvalue weighted by Gasteiger charge is -2.44. The number of phenolic OH excluding ortho intramolecular Hbond substituents is 1. The van der Waals surface area contributed by atoms with Crippen LogP contribution in [0.1, 0.15) is 83.1 Å². The number of fused-ring (bicyclic) bond motifs is 2. The molecule has 9 heteroatoms. The van der Waals surface area contributed by atoms with Gasteiger partial charge in [0.1, 0.15) is 11.8 Å². The number of phenols is 1. The lowest BCUT2D eigenvalue weighted by Crippen LogP contribution is -2.52. The highest BCUT2D eigenvalue weighted by Crippen LogP contribution is 2.51. The van der Waals surface area contributed by atoms with Gasteiger partial charge in [-0.05, 0) is 108 Å². The molecule has 4 aromatic rings. The first-order valence-electron chi connectivity index (χ1n) is 20.2. The predicted octanol–water partition coefficient (Wildman–Crippen LogP) is 6.23. The Hall–Kier alpha value is -5.15. The van der Waals surface area contributed by atoms with Crippen LogP contribution < -0.4 is 15.1 Å². The average Bonchev–Trinajstić information content (AvgIpc) is 3.53. The lowest BCUT2D eigenvalue weighted by atomic mass is 9.59. The van der Waals surface area contributed by atoms with E-state index in [0.717, 1.165) is 69.9 Å². The summed E-state index contributed by atoms with van der Waals surface area (Å²) in [4.78, 5) is 46.5. The zero-order valence-electron chi connectivity index (χ0n) is 31.8. The number of imide groups is 1. The van der Waals surface area contributed by atoms with Gasteiger partial charge in [-0.1, -0.05) is 55.5 Å². The number of carbonyl (C=O) groups excluding carboxylic acids is 3. The third kappa shape index (κ3) is 6.77. The summed E-state index contributed by atoms with van der Waals surface area (Å²) in [6, 6.07) is 31.8. The van der Waals surface area contributed by atoms with Gasteiger partial charge >= 0.3 is 0 Å². The van der Waals surface area contributed by atoms with Crippen LogP contribution in [0.25, 0.3) is 0 Å². The summed E-state index contributed by atoms with van der Waals surface area (Å²) < 4.78 is 0. The number of piperidine rings is 2. The minimum atomic E-state index is -0.587. The van der Waals surface area contributed by atoms with Crippen LogP contribution >= 0.6 is 0 Å². The van der Waals surface area contributed by atoms with Crippen LogP contribution in [0.5, 0.6) is 5.75 Å². The van der Waals surface area contributed by atoms with Crippen molar-refractivity contribution in [1.82, 2.24) is 15.1 Å². The summed E-state index contributed by atoms with van der Waals surface area (Å²) in [5.41, 5.74) is 9.30. The van der Waals surface area contributed by atoms with Gasteiger partial charge in [0.25, 0.3) is 5.91 Å². The van der Waals surface area contributed by atoms with E-state index in [1.165, 1.54) is 40.8 Å². The van der Waals surface area contributed by atoms with Crippen molar-refractivity contribution in [3.05, 3.63) is 124 Å². The molecule has 3 atom stereocenters. The van der Waals surface area contributed by atoms with Crippen molar-refractivity contribution in [2.45, 2.75) is 69.4 Å². The Morgan fingerprint density at radius 1 is 0.745 bits per heavy atom. The van der Waals surface area contributed by atoms with Gasteiger partial charge in [-0.3, -0.25) is 24.6 Å². The third-order valence-corrected chi connectivity index (χ3v) is 13.4.